The summed E-state index contributed by atoms with van der Waals surface area (Å²) in [5, 5.41) is 0.434. The Labute approximate surface area is 230 Å². The monoisotopic (exact) mass is 542 g/mol. The number of aromatic nitrogens is 4. The largest absolute Gasteiger partial charge is 0.416 e. The first-order valence-electron chi connectivity index (χ1n) is 14.2. The van der Waals surface area contributed by atoms with Crippen LogP contribution in [0.5, 0.6) is 0 Å². The molecule has 3 aromatic heterocycles. The molecule has 6 nitrogen and oxygen atoms in total. The van der Waals surface area contributed by atoms with E-state index >= 15 is 0 Å². The highest BCUT2D eigenvalue weighted by molar-refractivity contribution is 5.91. The number of alkyl halides is 3. The fourth-order valence-electron chi connectivity index (χ4n) is 6.18. The highest BCUT2D eigenvalue weighted by Gasteiger charge is 2.33. The van der Waals surface area contributed by atoms with Gasteiger partial charge in [0.2, 0.25) is 5.95 Å². The lowest BCUT2D eigenvalue weighted by Crippen LogP contribution is -2.35. The second kappa shape index (κ2) is 8.88. The van der Waals surface area contributed by atoms with Crippen molar-refractivity contribution in [1.29, 1.82) is 0 Å². The minimum absolute atomic E-state index is 0.434. The van der Waals surface area contributed by atoms with Crippen molar-refractivity contribution in [1.82, 2.24) is 19.9 Å². The Bertz CT molecular complexity index is 1640. The van der Waals surface area contributed by atoms with Gasteiger partial charge >= 0.3 is 6.18 Å². The second-order valence-corrected chi connectivity index (χ2v) is 11.7. The van der Waals surface area contributed by atoms with Crippen LogP contribution in [0, 0.1) is 0 Å². The van der Waals surface area contributed by atoms with Crippen LogP contribution >= 0.6 is 0 Å². The molecule has 0 saturated heterocycles. The van der Waals surface area contributed by atoms with Crippen molar-refractivity contribution in [3.8, 4) is 0 Å². The van der Waals surface area contributed by atoms with Crippen LogP contribution in [0.25, 0.3) is 10.9 Å². The fourth-order valence-corrected chi connectivity index (χ4v) is 6.18. The standard InChI is InChI=1S/C31H29F3N6/c32-31(33,34)24-5-6-28-25(13-24)29(39-9-7-26-22(16-39)11-20(14-35-26)18-1-2-18)38-30(37-28)40-10-8-27-23(17-40)12-21(15-36-27)19-3-4-19/h5-6,11-15,18-19H,1-4,7-10,16-17H2. The van der Waals surface area contributed by atoms with Crippen LogP contribution in [-0.2, 0) is 32.1 Å². The zero-order valence-electron chi connectivity index (χ0n) is 22.1. The van der Waals surface area contributed by atoms with Gasteiger partial charge in [-0.1, -0.05) is 12.1 Å². The lowest BCUT2D eigenvalue weighted by atomic mass is 10.0. The molecule has 5 heterocycles. The zero-order valence-corrected chi connectivity index (χ0v) is 22.1. The Morgan fingerprint density at radius 3 is 1.93 bits per heavy atom. The predicted octanol–water partition coefficient (Wildman–Crippen LogP) is 6.32. The van der Waals surface area contributed by atoms with Crippen molar-refractivity contribution in [2.45, 2.75) is 69.6 Å². The average Bonchev–Trinajstić information content (AvgIpc) is 3.88. The highest BCUT2D eigenvalue weighted by atomic mass is 19.4. The van der Waals surface area contributed by atoms with Gasteiger partial charge in [-0.3, -0.25) is 9.97 Å². The number of anilines is 2. The molecule has 40 heavy (non-hydrogen) atoms. The van der Waals surface area contributed by atoms with Gasteiger partial charge in [-0.05, 0) is 78.0 Å². The molecular formula is C31H29F3N6. The summed E-state index contributed by atoms with van der Waals surface area (Å²) < 4.78 is 41.2. The number of fused-ring (bicyclic) bond motifs is 3. The van der Waals surface area contributed by atoms with Crippen molar-refractivity contribution in [3.63, 3.8) is 0 Å². The van der Waals surface area contributed by atoms with E-state index in [0.717, 1.165) is 35.9 Å². The van der Waals surface area contributed by atoms with Gasteiger partial charge in [-0.15, -0.1) is 0 Å². The minimum atomic E-state index is -4.44. The Kier molecular flexibility index (Phi) is 5.34. The summed E-state index contributed by atoms with van der Waals surface area (Å²) in [5.41, 5.74) is 6.92. The van der Waals surface area contributed by atoms with Crippen molar-refractivity contribution in [3.05, 3.63) is 81.9 Å². The second-order valence-electron chi connectivity index (χ2n) is 11.7. The van der Waals surface area contributed by atoms with Crippen molar-refractivity contribution >= 4 is 22.7 Å². The summed E-state index contributed by atoms with van der Waals surface area (Å²) in [5.74, 6) is 2.33. The van der Waals surface area contributed by atoms with E-state index in [1.54, 1.807) is 0 Å². The summed E-state index contributed by atoms with van der Waals surface area (Å²) in [6.07, 6.45) is 5.93. The van der Waals surface area contributed by atoms with Gasteiger partial charge in [0.25, 0.3) is 0 Å². The number of benzene rings is 1. The molecule has 4 aromatic rings. The van der Waals surface area contributed by atoms with Gasteiger partial charge in [0, 0.05) is 68.2 Å². The normalized spacial score (nSPS) is 19.1. The lowest BCUT2D eigenvalue weighted by Gasteiger charge is -2.33. The van der Waals surface area contributed by atoms with Gasteiger partial charge in [0.05, 0.1) is 11.1 Å². The third-order valence-electron chi connectivity index (χ3n) is 8.79. The Hall–Kier alpha value is -3.75. The fraction of sp³-hybridized carbons (Fsp3) is 0.419. The van der Waals surface area contributed by atoms with E-state index in [9.17, 15) is 13.2 Å². The smallest absolute Gasteiger partial charge is 0.351 e. The molecule has 0 atom stereocenters. The molecule has 204 valence electrons. The maximum absolute atomic E-state index is 13.7. The lowest BCUT2D eigenvalue weighted by molar-refractivity contribution is -0.137. The van der Waals surface area contributed by atoms with Crippen LogP contribution < -0.4 is 9.80 Å². The maximum Gasteiger partial charge on any atom is 0.416 e. The Balaban J connectivity index is 1.19. The van der Waals surface area contributed by atoms with Crippen LogP contribution in [0.3, 0.4) is 0 Å². The van der Waals surface area contributed by atoms with Gasteiger partial charge in [-0.25, -0.2) is 4.98 Å². The molecule has 2 aliphatic carbocycles. The van der Waals surface area contributed by atoms with Crippen molar-refractivity contribution in [2.24, 2.45) is 0 Å². The Morgan fingerprint density at radius 1 is 0.725 bits per heavy atom. The third-order valence-corrected chi connectivity index (χ3v) is 8.79. The number of pyridine rings is 2. The summed E-state index contributed by atoms with van der Waals surface area (Å²) >= 11 is 0. The first kappa shape index (κ1) is 24.1. The molecule has 0 spiro atoms. The van der Waals surface area contributed by atoms with Crippen molar-refractivity contribution in [2.75, 3.05) is 22.9 Å². The molecule has 0 N–H and O–H groups in total. The molecule has 9 heteroatoms. The van der Waals surface area contributed by atoms with E-state index in [0.29, 0.717) is 60.7 Å². The number of rotatable bonds is 4. The molecule has 2 fully saturated rings. The van der Waals surface area contributed by atoms with Crippen LogP contribution in [0.1, 0.15) is 76.7 Å². The molecular weight excluding hydrogens is 513 g/mol. The maximum atomic E-state index is 13.7. The highest BCUT2D eigenvalue weighted by Crippen LogP contribution is 2.42. The van der Waals surface area contributed by atoms with Gasteiger partial charge in [-0.2, -0.15) is 18.2 Å². The number of nitrogens with zero attached hydrogens (tertiary/aromatic N) is 6. The van der Waals surface area contributed by atoms with Crippen LogP contribution in [0.2, 0.25) is 0 Å². The molecule has 0 amide bonds. The van der Waals surface area contributed by atoms with Gasteiger partial charge < -0.3 is 9.80 Å². The molecule has 2 saturated carbocycles. The molecule has 0 unspecified atom stereocenters. The van der Waals surface area contributed by atoms with E-state index < -0.39 is 11.7 Å². The van der Waals surface area contributed by atoms with E-state index in [1.807, 2.05) is 12.4 Å². The molecule has 4 aliphatic rings. The van der Waals surface area contributed by atoms with Crippen molar-refractivity contribution < 1.29 is 13.2 Å². The number of hydrogen-bond donors (Lipinski definition) is 0. The SMILES string of the molecule is FC(F)(F)c1ccc2nc(N3CCc4ncc(C5CC5)cc4C3)nc(N3CCc4ncc(C5CC5)cc4C3)c2c1. The molecule has 0 bridgehead atoms. The third kappa shape index (κ3) is 4.35. The summed E-state index contributed by atoms with van der Waals surface area (Å²) in [4.78, 5) is 23.5. The first-order chi connectivity index (χ1) is 19.4. The van der Waals surface area contributed by atoms with Crippen LogP contribution in [-0.4, -0.2) is 33.0 Å². The Morgan fingerprint density at radius 2 is 1.32 bits per heavy atom. The van der Waals surface area contributed by atoms with Gasteiger partial charge in [0.15, 0.2) is 0 Å². The topological polar surface area (TPSA) is 58.0 Å². The summed E-state index contributed by atoms with van der Waals surface area (Å²) in [6.45, 7) is 2.57. The summed E-state index contributed by atoms with van der Waals surface area (Å²) in [6, 6.07) is 8.33. The van der Waals surface area contributed by atoms with Gasteiger partial charge in [0.1, 0.15) is 5.82 Å². The quantitative estimate of drug-likeness (QED) is 0.301. The molecule has 2 aliphatic heterocycles. The van der Waals surface area contributed by atoms with E-state index in [-0.39, 0.29) is 0 Å². The summed E-state index contributed by atoms with van der Waals surface area (Å²) in [7, 11) is 0. The molecule has 1 aromatic carbocycles. The van der Waals surface area contributed by atoms with E-state index in [1.165, 1.54) is 54.5 Å². The number of halogens is 3. The van der Waals surface area contributed by atoms with Crippen LogP contribution in [0.15, 0.2) is 42.7 Å². The van der Waals surface area contributed by atoms with Crippen LogP contribution in [0.4, 0.5) is 24.9 Å². The molecule has 8 rings (SSSR count). The minimum Gasteiger partial charge on any atom is -0.351 e. The first-order valence-corrected chi connectivity index (χ1v) is 14.2. The number of hydrogen-bond acceptors (Lipinski definition) is 6. The van der Waals surface area contributed by atoms with E-state index in [2.05, 4.69) is 21.9 Å². The molecule has 0 radical (unpaired) electrons. The average molecular weight is 543 g/mol. The van der Waals surface area contributed by atoms with E-state index in [4.69, 9.17) is 19.9 Å². The predicted molar refractivity (Wildman–Crippen MR) is 146 cm³/mol. The zero-order chi connectivity index (χ0) is 27.0.